The van der Waals surface area contributed by atoms with E-state index in [9.17, 15) is 8.42 Å². The molecular formula is C13H12N4O2S. The van der Waals surface area contributed by atoms with Crippen molar-refractivity contribution < 1.29 is 8.42 Å². The SMILES string of the molecule is Cc1ccccc1S(=O)(=O)Nc1n[nH]c2ncccc12. The quantitative estimate of drug-likeness (QED) is 0.772. The minimum atomic E-state index is -3.67. The summed E-state index contributed by atoms with van der Waals surface area (Å²) in [5.41, 5.74) is 1.22. The first-order chi connectivity index (χ1) is 9.58. The van der Waals surface area contributed by atoms with E-state index in [1.807, 2.05) is 0 Å². The first kappa shape index (κ1) is 12.6. The Kier molecular flexibility index (Phi) is 2.90. The number of hydrogen-bond acceptors (Lipinski definition) is 4. The van der Waals surface area contributed by atoms with E-state index in [4.69, 9.17) is 0 Å². The molecule has 3 rings (SSSR count). The van der Waals surface area contributed by atoms with Crippen LogP contribution in [0.5, 0.6) is 0 Å². The Morgan fingerprint density at radius 1 is 1.15 bits per heavy atom. The van der Waals surface area contributed by atoms with Crippen LogP contribution >= 0.6 is 0 Å². The molecule has 0 saturated carbocycles. The number of aromatic nitrogens is 3. The van der Waals surface area contributed by atoms with Crippen LogP contribution in [0.4, 0.5) is 5.82 Å². The lowest BCUT2D eigenvalue weighted by molar-refractivity contribution is 0.600. The molecule has 0 aliphatic heterocycles. The predicted octanol–water partition coefficient (Wildman–Crippen LogP) is 2.07. The highest BCUT2D eigenvalue weighted by Gasteiger charge is 2.19. The first-order valence-corrected chi connectivity index (χ1v) is 7.44. The maximum atomic E-state index is 12.4. The van der Waals surface area contributed by atoms with Gasteiger partial charge < -0.3 is 0 Å². The van der Waals surface area contributed by atoms with E-state index in [0.717, 1.165) is 0 Å². The number of rotatable bonds is 3. The van der Waals surface area contributed by atoms with Crippen molar-refractivity contribution in [2.24, 2.45) is 0 Å². The van der Waals surface area contributed by atoms with E-state index < -0.39 is 10.0 Å². The summed E-state index contributed by atoms with van der Waals surface area (Å²) in [6.07, 6.45) is 1.61. The van der Waals surface area contributed by atoms with E-state index in [-0.39, 0.29) is 10.7 Å². The largest absolute Gasteiger partial charge is 0.263 e. The minimum absolute atomic E-state index is 0.236. The summed E-state index contributed by atoms with van der Waals surface area (Å²) in [6.45, 7) is 1.75. The highest BCUT2D eigenvalue weighted by molar-refractivity contribution is 7.92. The topological polar surface area (TPSA) is 87.7 Å². The number of nitrogens with zero attached hydrogens (tertiary/aromatic N) is 2. The van der Waals surface area contributed by atoms with Gasteiger partial charge in [0.15, 0.2) is 11.5 Å². The van der Waals surface area contributed by atoms with Crippen LogP contribution in [-0.4, -0.2) is 23.6 Å². The van der Waals surface area contributed by atoms with Gasteiger partial charge in [-0.15, -0.1) is 0 Å². The Balaban J connectivity index is 2.04. The van der Waals surface area contributed by atoms with Gasteiger partial charge in [0.05, 0.1) is 10.3 Å². The van der Waals surface area contributed by atoms with Gasteiger partial charge in [0.25, 0.3) is 10.0 Å². The zero-order valence-corrected chi connectivity index (χ0v) is 11.5. The number of sulfonamides is 1. The average Bonchev–Trinajstić information content (AvgIpc) is 2.82. The van der Waals surface area contributed by atoms with Crippen LogP contribution in [0.15, 0.2) is 47.5 Å². The molecule has 0 radical (unpaired) electrons. The number of anilines is 1. The second kappa shape index (κ2) is 4.61. The maximum absolute atomic E-state index is 12.4. The van der Waals surface area contributed by atoms with Crippen molar-refractivity contribution in [3.8, 4) is 0 Å². The summed E-state index contributed by atoms with van der Waals surface area (Å²) >= 11 is 0. The molecule has 3 aromatic rings. The zero-order valence-electron chi connectivity index (χ0n) is 10.7. The molecule has 0 fully saturated rings. The number of fused-ring (bicyclic) bond motifs is 1. The number of aromatic amines is 1. The van der Waals surface area contributed by atoms with Gasteiger partial charge in [-0.25, -0.2) is 13.4 Å². The van der Waals surface area contributed by atoms with Crippen LogP contribution in [0, 0.1) is 6.92 Å². The summed E-state index contributed by atoms with van der Waals surface area (Å²) < 4.78 is 27.2. The molecule has 0 spiro atoms. The van der Waals surface area contributed by atoms with Crippen molar-refractivity contribution in [1.82, 2.24) is 15.2 Å². The fourth-order valence-corrected chi connectivity index (χ4v) is 3.24. The summed E-state index contributed by atoms with van der Waals surface area (Å²) in [6, 6.07) is 10.3. The van der Waals surface area contributed by atoms with Gasteiger partial charge in [0.2, 0.25) is 0 Å². The van der Waals surface area contributed by atoms with E-state index in [0.29, 0.717) is 16.6 Å². The standard InChI is InChI=1S/C13H12N4O2S/c1-9-5-2-3-7-11(9)20(18,19)17-13-10-6-4-8-14-12(10)15-16-13/h2-8H,1H3,(H2,14,15,16,17). The van der Waals surface area contributed by atoms with Gasteiger partial charge in [-0.1, -0.05) is 18.2 Å². The molecule has 6 nitrogen and oxygen atoms in total. The normalized spacial score (nSPS) is 11.7. The monoisotopic (exact) mass is 288 g/mol. The Morgan fingerprint density at radius 3 is 2.75 bits per heavy atom. The molecule has 2 N–H and O–H groups in total. The fraction of sp³-hybridized carbons (Fsp3) is 0.0769. The van der Waals surface area contributed by atoms with Crippen LogP contribution < -0.4 is 4.72 Å². The highest BCUT2D eigenvalue weighted by Crippen LogP contribution is 2.22. The third-order valence-electron chi connectivity index (χ3n) is 2.95. The maximum Gasteiger partial charge on any atom is 0.263 e. The summed E-state index contributed by atoms with van der Waals surface area (Å²) in [4.78, 5) is 4.31. The molecule has 0 bridgehead atoms. The number of nitrogens with one attached hydrogen (secondary N) is 2. The Morgan fingerprint density at radius 2 is 1.95 bits per heavy atom. The van der Waals surface area contributed by atoms with E-state index in [2.05, 4.69) is 19.9 Å². The third-order valence-corrected chi connectivity index (χ3v) is 4.45. The van der Waals surface area contributed by atoms with Gasteiger partial charge in [-0.2, -0.15) is 5.10 Å². The molecule has 2 aromatic heterocycles. The van der Waals surface area contributed by atoms with Crippen molar-refractivity contribution in [2.45, 2.75) is 11.8 Å². The van der Waals surface area contributed by atoms with Crippen LogP contribution in [0.25, 0.3) is 11.0 Å². The number of aryl methyl sites for hydroxylation is 1. The van der Waals surface area contributed by atoms with Crippen molar-refractivity contribution in [2.75, 3.05) is 4.72 Å². The van der Waals surface area contributed by atoms with Crippen LogP contribution in [-0.2, 0) is 10.0 Å². The van der Waals surface area contributed by atoms with Crippen molar-refractivity contribution in [3.05, 3.63) is 48.2 Å². The molecule has 1 aromatic carbocycles. The minimum Gasteiger partial charge on any atom is -0.261 e. The molecule has 7 heteroatoms. The molecule has 0 saturated heterocycles. The van der Waals surface area contributed by atoms with E-state index in [1.54, 1.807) is 49.5 Å². The summed E-state index contributed by atoms with van der Waals surface area (Å²) in [7, 11) is -3.67. The van der Waals surface area contributed by atoms with E-state index >= 15 is 0 Å². The van der Waals surface area contributed by atoms with Gasteiger partial charge >= 0.3 is 0 Å². The molecule has 0 amide bonds. The number of benzene rings is 1. The highest BCUT2D eigenvalue weighted by atomic mass is 32.2. The molecule has 0 aliphatic rings. The lowest BCUT2D eigenvalue weighted by Gasteiger charge is -2.08. The van der Waals surface area contributed by atoms with Gasteiger partial charge in [0.1, 0.15) is 0 Å². The Labute approximate surface area is 115 Å². The number of H-pyrrole nitrogens is 1. The predicted molar refractivity (Wildman–Crippen MR) is 75.9 cm³/mol. The lowest BCUT2D eigenvalue weighted by Crippen LogP contribution is -2.14. The summed E-state index contributed by atoms with van der Waals surface area (Å²) in [5.74, 6) is 0.247. The summed E-state index contributed by atoms with van der Waals surface area (Å²) in [5, 5.41) is 7.28. The average molecular weight is 288 g/mol. The Hall–Kier alpha value is -2.41. The second-order valence-corrected chi connectivity index (χ2v) is 5.99. The van der Waals surface area contributed by atoms with Gasteiger partial charge in [-0.05, 0) is 30.7 Å². The molecule has 20 heavy (non-hydrogen) atoms. The first-order valence-electron chi connectivity index (χ1n) is 5.95. The Bertz CT molecular complexity index is 871. The molecule has 0 atom stereocenters. The molecule has 102 valence electrons. The molecular weight excluding hydrogens is 276 g/mol. The fourth-order valence-electron chi connectivity index (χ4n) is 1.97. The zero-order chi connectivity index (χ0) is 14.2. The van der Waals surface area contributed by atoms with Gasteiger partial charge in [-0.3, -0.25) is 9.82 Å². The third kappa shape index (κ3) is 2.12. The number of pyridine rings is 1. The van der Waals surface area contributed by atoms with Crippen molar-refractivity contribution >= 4 is 26.9 Å². The van der Waals surface area contributed by atoms with Crippen molar-refractivity contribution in [1.29, 1.82) is 0 Å². The van der Waals surface area contributed by atoms with Crippen LogP contribution in [0.2, 0.25) is 0 Å². The van der Waals surface area contributed by atoms with Gasteiger partial charge in [0, 0.05) is 6.20 Å². The van der Waals surface area contributed by atoms with Crippen LogP contribution in [0.1, 0.15) is 5.56 Å². The lowest BCUT2D eigenvalue weighted by atomic mass is 10.2. The second-order valence-electron chi connectivity index (χ2n) is 4.34. The van der Waals surface area contributed by atoms with E-state index in [1.165, 1.54) is 0 Å². The van der Waals surface area contributed by atoms with Crippen molar-refractivity contribution in [3.63, 3.8) is 0 Å². The molecule has 0 unspecified atom stereocenters. The smallest absolute Gasteiger partial charge is 0.261 e. The molecule has 0 aliphatic carbocycles. The number of hydrogen-bond donors (Lipinski definition) is 2. The van der Waals surface area contributed by atoms with Crippen LogP contribution in [0.3, 0.4) is 0 Å². The molecule has 2 heterocycles.